The molecule has 0 bridgehead atoms. The van der Waals surface area contributed by atoms with E-state index in [0.29, 0.717) is 27.9 Å². The van der Waals surface area contributed by atoms with Gasteiger partial charge in [-0.3, -0.25) is 9.69 Å². The van der Waals surface area contributed by atoms with Crippen LogP contribution in [-0.4, -0.2) is 17.1 Å². The summed E-state index contributed by atoms with van der Waals surface area (Å²) >= 11 is 12.7. The topological polar surface area (TPSA) is 69.6 Å². The molecular formula is C22H15Cl2FN2O3. The number of fused-ring (bicyclic) bond motifs is 1. The molecule has 0 spiro atoms. The summed E-state index contributed by atoms with van der Waals surface area (Å²) < 4.78 is 13.9. The van der Waals surface area contributed by atoms with Crippen LogP contribution in [0.1, 0.15) is 11.1 Å². The van der Waals surface area contributed by atoms with E-state index < -0.39 is 17.8 Å². The second-order valence-corrected chi connectivity index (χ2v) is 7.60. The van der Waals surface area contributed by atoms with Crippen molar-refractivity contribution in [1.29, 1.82) is 0 Å². The van der Waals surface area contributed by atoms with Crippen molar-refractivity contribution in [3.05, 3.63) is 81.6 Å². The number of rotatable bonds is 4. The van der Waals surface area contributed by atoms with Crippen LogP contribution >= 0.6 is 23.2 Å². The van der Waals surface area contributed by atoms with E-state index in [1.165, 1.54) is 17.0 Å². The number of amides is 2. The molecule has 2 N–H and O–H groups in total. The molecule has 8 heteroatoms. The molecule has 4 rings (SSSR count). The Morgan fingerprint density at radius 3 is 2.47 bits per heavy atom. The minimum absolute atomic E-state index is 0.186. The number of aliphatic carboxylic acids is 1. The van der Waals surface area contributed by atoms with Crippen molar-refractivity contribution in [3.63, 3.8) is 0 Å². The number of anilines is 2. The fourth-order valence-corrected chi connectivity index (χ4v) is 4.13. The van der Waals surface area contributed by atoms with Gasteiger partial charge in [-0.25, -0.2) is 9.18 Å². The number of nitrogens with zero attached hydrogens (tertiary/aromatic N) is 1. The summed E-state index contributed by atoms with van der Waals surface area (Å²) in [6, 6.07) is 13.8. The smallest absolute Gasteiger partial charge is 0.326 e. The van der Waals surface area contributed by atoms with Gasteiger partial charge in [-0.1, -0.05) is 47.5 Å². The van der Waals surface area contributed by atoms with E-state index in [2.05, 4.69) is 5.32 Å². The summed E-state index contributed by atoms with van der Waals surface area (Å²) in [6.07, 6.45) is -0.263. The maximum absolute atomic E-state index is 13.9. The molecule has 5 nitrogen and oxygen atoms in total. The van der Waals surface area contributed by atoms with Crippen LogP contribution in [0.3, 0.4) is 0 Å². The third kappa shape index (κ3) is 3.72. The molecule has 1 aliphatic rings. The van der Waals surface area contributed by atoms with Crippen LogP contribution in [0.25, 0.3) is 11.1 Å². The number of carboxylic acids is 1. The highest BCUT2D eigenvalue weighted by Gasteiger charge is 2.31. The lowest BCUT2D eigenvalue weighted by Gasteiger charge is -2.33. The Morgan fingerprint density at radius 2 is 1.80 bits per heavy atom. The standard InChI is InChI=1S/C22H15Cl2FN2O3/c23-17-5-2-6-18(24)21(17)27-19-8-12(9-20(28)29)7-15(16(19)11-26-22(27)30)13-3-1-4-14(25)10-13/h1-8,10H,9,11H2,(H,26,30)(H,28,29). The zero-order valence-corrected chi connectivity index (χ0v) is 17.0. The zero-order valence-electron chi connectivity index (χ0n) is 15.5. The van der Waals surface area contributed by atoms with E-state index in [-0.39, 0.29) is 28.7 Å². The average Bonchev–Trinajstić information content (AvgIpc) is 2.68. The fraction of sp³-hybridized carbons (Fsp3) is 0.0909. The van der Waals surface area contributed by atoms with Crippen LogP contribution in [0.5, 0.6) is 0 Å². The van der Waals surface area contributed by atoms with Crippen molar-refractivity contribution in [2.75, 3.05) is 4.90 Å². The number of hydrogen-bond acceptors (Lipinski definition) is 2. The summed E-state index contributed by atoms with van der Waals surface area (Å²) in [4.78, 5) is 25.5. The lowest BCUT2D eigenvalue weighted by molar-refractivity contribution is -0.136. The maximum atomic E-state index is 13.9. The molecule has 30 heavy (non-hydrogen) atoms. The van der Waals surface area contributed by atoms with Gasteiger partial charge in [0.25, 0.3) is 0 Å². The van der Waals surface area contributed by atoms with E-state index in [1.54, 1.807) is 42.5 Å². The van der Waals surface area contributed by atoms with Gasteiger partial charge < -0.3 is 10.4 Å². The summed E-state index contributed by atoms with van der Waals surface area (Å²) in [5, 5.41) is 12.6. The van der Waals surface area contributed by atoms with Gasteiger partial charge in [-0.05, 0) is 47.0 Å². The molecule has 0 radical (unpaired) electrons. The molecule has 0 atom stereocenters. The summed E-state index contributed by atoms with van der Waals surface area (Å²) in [5.74, 6) is -1.45. The summed E-state index contributed by atoms with van der Waals surface area (Å²) in [7, 11) is 0. The Balaban J connectivity index is 2.00. The van der Waals surface area contributed by atoms with Gasteiger partial charge in [-0.2, -0.15) is 0 Å². The Bertz CT molecular complexity index is 1160. The van der Waals surface area contributed by atoms with Crippen molar-refractivity contribution in [2.24, 2.45) is 0 Å². The number of hydrogen-bond donors (Lipinski definition) is 2. The normalized spacial score (nSPS) is 13.0. The van der Waals surface area contributed by atoms with E-state index in [9.17, 15) is 19.1 Å². The van der Waals surface area contributed by atoms with Crippen LogP contribution in [0.2, 0.25) is 10.0 Å². The quantitative estimate of drug-likeness (QED) is 0.534. The number of urea groups is 1. The summed E-state index contributed by atoms with van der Waals surface area (Å²) in [6.45, 7) is 0.186. The minimum atomic E-state index is -1.03. The van der Waals surface area contributed by atoms with Gasteiger partial charge in [0.15, 0.2) is 0 Å². The second-order valence-electron chi connectivity index (χ2n) is 6.79. The number of nitrogens with one attached hydrogen (secondary N) is 1. The Labute approximate surface area is 181 Å². The van der Waals surface area contributed by atoms with Crippen LogP contribution in [0.4, 0.5) is 20.6 Å². The zero-order chi connectivity index (χ0) is 21.4. The van der Waals surface area contributed by atoms with Crippen molar-refractivity contribution in [2.45, 2.75) is 13.0 Å². The predicted octanol–water partition coefficient (Wildman–Crippen LogP) is 5.79. The molecule has 0 fully saturated rings. The summed E-state index contributed by atoms with van der Waals surface area (Å²) in [5.41, 5.74) is 3.09. The Morgan fingerprint density at radius 1 is 1.10 bits per heavy atom. The number of para-hydroxylation sites is 1. The first-order valence-corrected chi connectivity index (χ1v) is 9.76. The molecular weight excluding hydrogens is 430 g/mol. The van der Waals surface area contributed by atoms with E-state index in [4.69, 9.17) is 23.2 Å². The number of carbonyl (C=O) groups excluding carboxylic acids is 1. The molecule has 0 unspecified atom stereocenters. The first-order chi connectivity index (χ1) is 14.3. The number of halogens is 3. The van der Waals surface area contributed by atoms with Crippen LogP contribution in [-0.2, 0) is 17.8 Å². The van der Waals surface area contributed by atoms with Crippen molar-refractivity contribution in [1.82, 2.24) is 5.32 Å². The monoisotopic (exact) mass is 444 g/mol. The molecule has 0 aliphatic carbocycles. The lowest BCUT2D eigenvalue weighted by atomic mass is 9.92. The van der Waals surface area contributed by atoms with Gasteiger partial charge in [-0.15, -0.1) is 0 Å². The fourth-order valence-electron chi connectivity index (χ4n) is 3.57. The van der Waals surface area contributed by atoms with E-state index in [0.717, 1.165) is 0 Å². The van der Waals surface area contributed by atoms with E-state index >= 15 is 0 Å². The lowest BCUT2D eigenvalue weighted by Crippen LogP contribution is -2.41. The molecule has 2 amide bonds. The first kappa shape index (κ1) is 20.2. The van der Waals surface area contributed by atoms with Gasteiger partial charge in [0.1, 0.15) is 5.82 Å². The van der Waals surface area contributed by atoms with Crippen molar-refractivity contribution in [3.8, 4) is 11.1 Å². The molecule has 152 valence electrons. The molecule has 0 aromatic heterocycles. The van der Waals surface area contributed by atoms with Gasteiger partial charge in [0, 0.05) is 12.1 Å². The Kier molecular flexibility index (Phi) is 5.37. The molecule has 1 aliphatic heterocycles. The molecule has 3 aromatic carbocycles. The van der Waals surface area contributed by atoms with Gasteiger partial charge >= 0.3 is 12.0 Å². The SMILES string of the molecule is O=C(O)Cc1cc(-c2cccc(F)c2)c2c(c1)N(c1c(Cl)cccc1Cl)C(=O)NC2. The second kappa shape index (κ2) is 7.97. The van der Waals surface area contributed by atoms with E-state index in [1.807, 2.05) is 0 Å². The van der Waals surface area contributed by atoms with Crippen molar-refractivity contribution < 1.29 is 19.1 Å². The minimum Gasteiger partial charge on any atom is -0.481 e. The highest BCUT2D eigenvalue weighted by molar-refractivity contribution is 6.40. The Hall–Kier alpha value is -3.09. The highest BCUT2D eigenvalue weighted by Crippen LogP contribution is 2.43. The van der Waals surface area contributed by atoms with Gasteiger partial charge in [0.05, 0.1) is 27.8 Å². The number of benzene rings is 3. The third-order valence-corrected chi connectivity index (χ3v) is 5.41. The third-order valence-electron chi connectivity index (χ3n) is 4.80. The van der Waals surface area contributed by atoms with Crippen molar-refractivity contribution >= 4 is 46.6 Å². The largest absolute Gasteiger partial charge is 0.481 e. The molecule has 0 saturated carbocycles. The molecule has 1 heterocycles. The predicted molar refractivity (Wildman–Crippen MR) is 114 cm³/mol. The van der Waals surface area contributed by atoms with Crippen LogP contribution in [0.15, 0.2) is 54.6 Å². The van der Waals surface area contributed by atoms with Gasteiger partial charge in [0.2, 0.25) is 0 Å². The highest BCUT2D eigenvalue weighted by atomic mass is 35.5. The molecule has 3 aromatic rings. The number of carbonyl (C=O) groups is 2. The average molecular weight is 445 g/mol. The first-order valence-electron chi connectivity index (χ1n) is 9.00. The molecule has 0 saturated heterocycles. The van der Waals surface area contributed by atoms with Crippen LogP contribution in [0, 0.1) is 5.82 Å². The maximum Gasteiger partial charge on any atom is 0.326 e. The number of carboxylic acid groups (broad SMARTS) is 1. The van der Waals surface area contributed by atoms with Crippen LogP contribution < -0.4 is 10.2 Å².